The monoisotopic (exact) mass is 265 g/mol. The van der Waals surface area contributed by atoms with Gasteiger partial charge in [-0.15, -0.1) is 0 Å². The van der Waals surface area contributed by atoms with Gasteiger partial charge in [-0.25, -0.2) is 4.79 Å². The molecular formula is C15H23NO3. The minimum atomic E-state index is -0.570. The molecule has 0 N–H and O–H groups in total. The molecule has 1 atom stereocenters. The van der Waals surface area contributed by atoms with Crippen molar-refractivity contribution in [1.82, 2.24) is 4.98 Å². The molecule has 0 aliphatic heterocycles. The van der Waals surface area contributed by atoms with Gasteiger partial charge in [0, 0.05) is 5.69 Å². The van der Waals surface area contributed by atoms with Crippen LogP contribution in [-0.2, 0) is 16.0 Å². The lowest BCUT2D eigenvalue weighted by atomic mass is 10.1. The van der Waals surface area contributed by atoms with Crippen LogP contribution in [0.2, 0.25) is 0 Å². The number of pyridine rings is 1. The Labute approximate surface area is 115 Å². The topological polar surface area (TPSA) is 48.4 Å². The van der Waals surface area contributed by atoms with Gasteiger partial charge in [0.1, 0.15) is 5.75 Å². The lowest BCUT2D eigenvalue weighted by Crippen LogP contribution is -2.30. The Hall–Kier alpha value is -1.58. The highest BCUT2D eigenvalue weighted by molar-refractivity contribution is 5.75. The summed E-state index contributed by atoms with van der Waals surface area (Å²) >= 11 is 0. The van der Waals surface area contributed by atoms with E-state index in [9.17, 15) is 4.79 Å². The maximum Gasteiger partial charge on any atom is 0.347 e. The van der Waals surface area contributed by atoms with Crippen LogP contribution in [-0.4, -0.2) is 24.2 Å². The highest BCUT2D eigenvalue weighted by Crippen LogP contribution is 2.21. The molecule has 0 unspecified atom stereocenters. The van der Waals surface area contributed by atoms with E-state index in [0.29, 0.717) is 18.1 Å². The zero-order chi connectivity index (χ0) is 14.4. The number of aromatic nitrogens is 1. The van der Waals surface area contributed by atoms with Crippen molar-refractivity contribution in [2.24, 2.45) is 5.92 Å². The quantitative estimate of drug-likeness (QED) is 0.742. The highest BCUT2D eigenvalue weighted by atomic mass is 16.6. The van der Waals surface area contributed by atoms with E-state index in [1.807, 2.05) is 39.8 Å². The molecule has 19 heavy (non-hydrogen) atoms. The average molecular weight is 265 g/mol. The van der Waals surface area contributed by atoms with Crippen LogP contribution in [0.1, 0.15) is 38.6 Å². The molecule has 0 aliphatic rings. The maximum absolute atomic E-state index is 11.8. The molecule has 0 saturated carbocycles. The molecule has 0 aromatic carbocycles. The number of ether oxygens (including phenoxy) is 2. The van der Waals surface area contributed by atoms with Crippen molar-refractivity contribution >= 4 is 5.97 Å². The van der Waals surface area contributed by atoms with Gasteiger partial charge in [-0.3, -0.25) is 4.98 Å². The predicted octanol–water partition coefficient (Wildman–Crippen LogP) is 2.92. The number of carbonyl (C=O) groups is 1. The summed E-state index contributed by atoms with van der Waals surface area (Å²) in [5, 5.41) is 0. The zero-order valence-corrected chi connectivity index (χ0v) is 12.4. The molecule has 0 amide bonds. The Morgan fingerprint density at radius 3 is 2.58 bits per heavy atom. The van der Waals surface area contributed by atoms with E-state index < -0.39 is 6.10 Å². The summed E-state index contributed by atoms with van der Waals surface area (Å²) in [4.78, 5) is 16.2. The summed E-state index contributed by atoms with van der Waals surface area (Å²) in [6, 6.07) is 3.76. The largest absolute Gasteiger partial charge is 0.477 e. The molecule has 1 aromatic rings. The van der Waals surface area contributed by atoms with Gasteiger partial charge in [0.15, 0.2) is 6.10 Å². The average Bonchev–Trinajstić information content (AvgIpc) is 2.38. The van der Waals surface area contributed by atoms with Gasteiger partial charge < -0.3 is 9.47 Å². The first-order valence-corrected chi connectivity index (χ1v) is 6.68. The Kier molecular flexibility index (Phi) is 5.80. The Morgan fingerprint density at radius 2 is 2.05 bits per heavy atom. The van der Waals surface area contributed by atoms with Gasteiger partial charge in [0.2, 0.25) is 0 Å². The van der Waals surface area contributed by atoms with Crippen molar-refractivity contribution in [1.29, 1.82) is 0 Å². The number of methoxy groups -OCH3 is 1. The van der Waals surface area contributed by atoms with Gasteiger partial charge in [0.25, 0.3) is 0 Å². The number of nitrogens with zero attached hydrogens (tertiary/aromatic N) is 1. The second-order valence-electron chi connectivity index (χ2n) is 5.01. The second-order valence-corrected chi connectivity index (χ2v) is 5.01. The lowest BCUT2D eigenvalue weighted by molar-refractivity contribution is -0.149. The third kappa shape index (κ3) is 4.54. The molecule has 4 heteroatoms. The Bertz CT molecular complexity index is 429. The fraction of sp³-hybridized carbons (Fsp3) is 0.600. The summed E-state index contributed by atoms with van der Waals surface area (Å²) < 4.78 is 10.6. The van der Waals surface area contributed by atoms with Gasteiger partial charge in [-0.2, -0.15) is 0 Å². The van der Waals surface area contributed by atoms with Crippen molar-refractivity contribution in [2.75, 3.05) is 7.11 Å². The summed E-state index contributed by atoms with van der Waals surface area (Å²) in [6.07, 6.45) is 0.829. The van der Waals surface area contributed by atoms with E-state index in [1.165, 1.54) is 7.11 Å². The van der Waals surface area contributed by atoms with Crippen LogP contribution in [0.25, 0.3) is 0 Å². The van der Waals surface area contributed by atoms with Crippen LogP contribution in [0, 0.1) is 12.8 Å². The van der Waals surface area contributed by atoms with Crippen molar-refractivity contribution in [3.8, 4) is 5.75 Å². The van der Waals surface area contributed by atoms with E-state index in [2.05, 4.69) is 4.98 Å². The van der Waals surface area contributed by atoms with Crippen LogP contribution in [0.15, 0.2) is 12.1 Å². The molecule has 0 spiro atoms. The van der Waals surface area contributed by atoms with E-state index >= 15 is 0 Å². The third-order valence-electron chi connectivity index (χ3n) is 2.83. The summed E-state index contributed by atoms with van der Waals surface area (Å²) in [5.74, 6) is 0.688. The number of hydrogen-bond acceptors (Lipinski definition) is 4. The predicted molar refractivity (Wildman–Crippen MR) is 74.2 cm³/mol. The lowest BCUT2D eigenvalue weighted by Gasteiger charge is -2.20. The minimum absolute atomic E-state index is 0.337. The maximum atomic E-state index is 11.8. The first-order valence-electron chi connectivity index (χ1n) is 6.68. The third-order valence-corrected chi connectivity index (χ3v) is 2.83. The molecule has 1 heterocycles. The molecule has 0 bridgehead atoms. The van der Waals surface area contributed by atoms with Crippen LogP contribution in [0.3, 0.4) is 0 Å². The fourth-order valence-corrected chi connectivity index (χ4v) is 1.86. The standard InChI is InChI=1S/C15H23NO3/c1-6-12-13(8-7-11(4)16-12)19-14(9-10(2)3)15(17)18-5/h7-8,10,14H,6,9H2,1-5H3/t14-/m1/s1. The van der Waals surface area contributed by atoms with E-state index in [-0.39, 0.29) is 5.97 Å². The summed E-state index contributed by atoms with van der Waals surface area (Å²) in [6.45, 7) is 8.06. The van der Waals surface area contributed by atoms with Crippen molar-refractivity contribution in [3.63, 3.8) is 0 Å². The molecular weight excluding hydrogens is 242 g/mol. The molecule has 0 saturated heterocycles. The van der Waals surface area contributed by atoms with Gasteiger partial charge in [-0.05, 0) is 37.8 Å². The van der Waals surface area contributed by atoms with Crippen molar-refractivity contribution in [3.05, 3.63) is 23.5 Å². The van der Waals surface area contributed by atoms with Crippen LogP contribution < -0.4 is 4.74 Å². The Morgan fingerprint density at radius 1 is 1.37 bits per heavy atom. The van der Waals surface area contributed by atoms with E-state index in [4.69, 9.17) is 9.47 Å². The molecule has 0 radical (unpaired) electrons. The first kappa shape index (κ1) is 15.5. The minimum Gasteiger partial charge on any atom is -0.477 e. The van der Waals surface area contributed by atoms with Gasteiger partial charge in [-0.1, -0.05) is 20.8 Å². The molecule has 1 rings (SSSR count). The SMILES string of the molecule is CCc1nc(C)ccc1O[C@H](CC(C)C)C(=O)OC. The molecule has 106 valence electrons. The van der Waals surface area contributed by atoms with Gasteiger partial charge in [0.05, 0.1) is 12.8 Å². The highest BCUT2D eigenvalue weighted by Gasteiger charge is 2.23. The van der Waals surface area contributed by atoms with Crippen molar-refractivity contribution < 1.29 is 14.3 Å². The van der Waals surface area contributed by atoms with Gasteiger partial charge >= 0.3 is 5.97 Å². The van der Waals surface area contributed by atoms with Crippen LogP contribution in [0.4, 0.5) is 0 Å². The van der Waals surface area contributed by atoms with E-state index in [1.54, 1.807) is 0 Å². The number of hydrogen-bond donors (Lipinski definition) is 0. The normalized spacial score (nSPS) is 12.3. The van der Waals surface area contributed by atoms with Crippen LogP contribution in [0.5, 0.6) is 5.75 Å². The Balaban J connectivity index is 2.92. The van der Waals surface area contributed by atoms with E-state index in [0.717, 1.165) is 17.8 Å². The number of rotatable bonds is 6. The first-order chi connectivity index (χ1) is 8.97. The molecule has 0 aliphatic carbocycles. The summed E-state index contributed by atoms with van der Waals surface area (Å²) in [7, 11) is 1.38. The molecule has 0 fully saturated rings. The smallest absolute Gasteiger partial charge is 0.347 e. The number of esters is 1. The second kappa shape index (κ2) is 7.12. The zero-order valence-electron chi connectivity index (χ0n) is 12.4. The summed E-state index contributed by atoms with van der Waals surface area (Å²) in [5.41, 5.74) is 1.82. The number of aryl methyl sites for hydroxylation is 2. The molecule has 4 nitrogen and oxygen atoms in total. The van der Waals surface area contributed by atoms with Crippen LogP contribution >= 0.6 is 0 Å². The number of carbonyl (C=O) groups excluding carboxylic acids is 1. The molecule has 1 aromatic heterocycles. The fourth-order valence-electron chi connectivity index (χ4n) is 1.86. The van der Waals surface area contributed by atoms with Crippen molar-refractivity contribution in [2.45, 2.75) is 46.6 Å².